The average molecular weight is 386 g/mol. The number of carbonyl (C=O) groups is 1. The Morgan fingerprint density at radius 3 is 2.83 bits per heavy atom. The summed E-state index contributed by atoms with van der Waals surface area (Å²) >= 11 is 3.36. The summed E-state index contributed by atoms with van der Waals surface area (Å²) in [4.78, 5) is 28.9. The van der Waals surface area contributed by atoms with Crippen molar-refractivity contribution in [3.05, 3.63) is 69.2 Å². The van der Waals surface area contributed by atoms with E-state index in [2.05, 4.69) is 26.2 Å². The molecule has 3 rings (SSSR count). The van der Waals surface area contributed by atoms with Gasteiger partial charge in [0.25, 0.3) is 5.56 Å². The van der Waals surface area contributed by atoms with E-state index in [-0.39, 0.29) is 24.4 Å². The monoisotopic (exact) mass is 385 g/mol. The third kappa shape index (κ3) is 3.54. The van der Waals surface area contributed by atoms with E-state index in [1.807, 2.05) is 37.3 Å². The van der Waals surface area contributed by atoms with E-state index in [4.69, 9.17) is 0 Å². The van der Waals surface area contributed by atoms with E-state index in [9.17, 15) is 9.59 Å². The molecule has 1 N–H and O–H groups in total. The van der Waals surface area contributed by atoms with Gasteiger partial charge in [-0.3, -0.25) is 14.2 Å². The molecule has 122 valence electrons. The molecule has 1 amide bonds. The number of anilines is 1. The molecule has 2 aromatic carbocycles. The van der Waals surface area contributed by atoms with Crippen LogP contribution >= 0.6 is 15.9 Å². The molecule has 0 unspecified atom stereocenters. The van der Waals surface area contributed by atoms with Crippen LogP contribution in [0.1, 0.15) is 12.0 Å². The van der Waals surface area contributed by atoms with Gasteiger partial charge in [0.15, 0.2) is 0 Å². The molecule has 1 heterocycles. The molecule has 24 heavy (non-hydrogen) atoms. The van der Waals surface area contributed by atoms with Gasteiger partial charge in [-0.05, 0) is 36.8 Å². The van der Waals surface area contributed by atoms with E-state index >= 15 is 0 Å². The van der Waals surface area contributed by atoms with Crippen LogP contribution in [0.25, 0.3) is 10.9 Å². The van der Waals surface area contributed by atoms with Crippen LogP contribution in [0.4, 0.5) is 5.69 Å². The van der Waals surface area contributed by atoms with E-state index in [0.29, 0.717) is 10.9 Å². The summed E-state index contributed by atoms with van der Waals surface area (Å²) in [6, 6.07) is 13.0. The largest absolute Gasteiger partial charge is 0.326 e. The Bertz CT molecular complexity index is 966. The number of benzene rings is 2. The zero-order chi connectivity index (χ0) is 17.1. The summed E-state index contributed by atoms with van der Waals surface area (Å²) in [5.41, 5.74) is 2.28. The van der Waals surface area contributed by atoms with Gasteiger partial charge in [0.2, 0.25) is 5.91 Å². The highest BCUT2D eigenvalue weighted by Crippen LogP contribution is 2.15. The quantitative estimate of drug-likeness (QED) is 0.747. The number of nitrogens with one attached hydrogen (secondary N) is 1. The molecule has 0 fully saturated rings. The molecular formula is C18H16BrN3O2. The number of rotatable bonds is 4. The maximum atomic E-state index is 12.5. The Morgan fingerprint density at radius 2 is 2.04 bits per heavy atom. The van der Waals surface area contributed by atoms with Crippen LogP contribution in [0.2, 0.25) is 0 Å². The molecule has 0 aliphatic carbocycles. The first-order chi connectivity index (χ1) is 11.5. The van der Waals surface area contributed by atoms with E-state index in [0.717, 1.165) is 15.7 Å². The minimum atomic E-state index is -0.148. The van der Waals surface area contributed by atoms with Crippen LogP contribution in [0.3, 0.4) is 0 Å². The van der Waals surface area contributed by atoms with Crippen molar-refractivity contribution in [1.82, 2.24) is 9.55 Å². The lowest BCUT2D eigenvalue weighted by atomic mass is 10.2. The van der Waals surface area contributed by atoms with Crippen LogP contribution in [0, 0.1) is 6.92 Å². The first-order valence-electron chi connectivity index (χ1n) is 7.55. The van der Waals surface area contributed by atoms with Crippen LogP contribution in [0.15, 0.2) is 58.1 Å². The van der Waals surface area contributed by atoms with Gasteiger partial charge in [-0.25, -0.2) is 4.98 Å². The Morgan fingerprint density at radius 1 is 1.25 bits per heavy atom. The van der Waals surface area contributed by atoms with Gasteiger partial charge in [0, 0.05) is 23.1 Å². The third-order valence-electron chi connectivity index (χ3n) is 3.78. The standard InChI is InChI=1S/C18H16BrN3O2/c1-12-4-2-3-5-15(12)21-17(23)8-9-22-11-20-16-7-6-13(19)10-14(16)18(22)24/h2-7,10-11H,8-9H2,1H3,(H,21,23). The molecule has 0 aliphatic heterocycles. The van der Waals surface area contributed by atoms with Crippen molar-refractivity contribution in [3.8, 4) is 0 Å². The number of nitrogens with zero attached hydrogens (tertiary/aromatic N) is 2. The average Bonchev–Trinajstić information content (AvgIpc) is 2.57. The van der Waals surface area contributed by atoms with Gasteiger partial charge in [-0.2, -0.15) is 0 Å². The van der Waals surface area contributed by atoms with Crippen molar-refractivity contribution in [2.24, 2.45) is 0 Å². The highest BCUT2D eigenvalue weighted by molar-refractivity contribution is 9.10. The Labute approximate surface area is 147 Å². The summed E-state index contributed by atoms with van der Waals surface area (Å²) in [5.74, 6) is -0.134. The molecule has 0 aliphatic rings. The SMILES string of the molecule is Cc1ccccc1NC(=O)CCn1cnc2ccc(Br)cc2c1=O. The fourth-order valence-electron chi connectivity index (χ4n) is 2.44. The second kappa shape index (κ2) is 6.97. The molecule has 0 saturated carbocycles. The lowest BCUT2D eigenvalue weighted by molar-refractivity contribution is -0.116. The summed E-state index contributed by atoms with van der Waals surface area (Å²) < 4.78 is 2.29. The van der Waals surface area contributed by atoms with Crippen molar-refractivity contribution in [3.63, 3.8) is 0 Å². The fourth-order valence-corrected chi connectivity index (χ4v) is 2.80. The number of aromatic nitrogens is 2. The fraction of sp³-hybridized carbons (Fsp3) is 0.167. The molecule has 0 spiro atoms. The van der Waals surface area contributed by atoms with Crippen molar-refractivity contribution in [1.29, 1.82) is 0 Å². The molecule has 0 saturated heterocycles. The minimum Gasteiger partial charge on any atom is -0.326 e. The summed E-state index contributed by atoms with van der Waals surface area (Å²) in [6.45, 7) is 2.22. The number of carbonyl (C=O) groups excluding carboxylic acids is 1. The Hall–Kier alpha value is -2.47. The predicted molar refractivity (Wildman–Crippen MR) is 98.1 cm³/mol. The number of para-hydroxylation sites is 1. The van der Waals surface area contributed by atoms with E-state index in [1.54, 1.807) is 12.1 Å². The zero-order valence-corrected chi connectivity index (χ0v) is 14.7. The molecule has 1 aromatic heterocycles. The van der Waals surface area contributed by atoms with Gasteiger partial charge in [0.05, 0.1) is 17.2 Å². The molecule has 0 bridgehead atoms. The molecule has 0 radical (unpaired) electrons. The smallest absolute Gasteiger partial charge is 0.261 e. The minimum absolute atomic E-state index is 0.134. The van der Waals surface area contributed by atoms with Crippen molar-refractivity contribution >= 4 is 38.4 Å². The van der Waals surface area contributed by atoms with Crippen molar-refractivity contribution < 1.29 is 4.79 Å². The van der Waals surface area contributed by atoms with Crippen molar-refractivity contribution in [2.45, 2.75) is 19.9 Å². The number of amides is 1. The molecule has 6 heteroatoms. The first kappa shape index (κ1) is 16.4. The van der Waals surface area contributed by atoms with Gasteiger partial charge < -0.3 is 5.32 Å². The molecule has 3 aromatic rings. The summed E-state index contributed by atoms with van der Waals surface area (Å²) in [6.07, 6.45) is 1.69. The lowest BCUT2D eigenvalue weighted by Crippen LogP contribution is -2.23. The van der Waals surface area contributed by atoms with E-state index in [1.165, 1.54) is 10.9 Å². The van der Waals surface area contributed by atoms with Gasteiger partial charge in [-0.1, -0.05) is 34.1 Å². The second-order valence-corrected chi connectivity index (χ2v) is 6.43. The molecular weight excluding hydrogens is 370 g/mol. The summed E-state index contributed by atoms with van der Waals surface area (Å²) in [7, 11) is 0. The number of aryl methyl sites for hydroxylation is 2. The first-order valence-corrected chi connectivity index (χ1v) is 8.34. The van der Waals surface area contributed by atoms with Crippen LogP contribution in [-0.4, -0.2) is 15.5 Å². The van der Waals surface area contributed by atoms with Gasteiger partial charge in [-0.15, -0.1) is 0 Å². The number of fused-ring (bicyclic) bond motifs is 1. The van der Waals surface area contributed by atoms with Crippen molar-refractivity contribution in [2.75, 3.05) is 5.32 Å². The highest BCUT2D eigenvalue weighted by Gasteiger charge is 2.08. The summed E-state index contributed by atoms with van der Waals surface area (Å²) in [5, 5.41) is 3.40. The number of hydrogen-bond donors (Lipinski definition) is 1. The maximum Gasteiger partial charge on any atom is 0.261 e. The molecule has 0 atom stereocenters. The topological polar surface area (TPSA) is 64.0 Å². The Kier molecular flexibility index (Phi) is 4.76. The predicted octanol–water partition coefficient (Wildman–Crippen LogP) is 3.50. The van der Waals surface area contributed by atoms with Crippen LogP contribution in [0.5, 0.6) is 0 Å². The molecule has 5 nitrogen and oxygen atoms in total. The Balaban J connectivity index is 1.74. The number of hydrogen-bond acceptors (Lipinski definition) is 3. The maximum absolute atomic E-state index is 12.5. The van der Waals surface area contributed by atoms with Gasteiger partial charge in [0.1, 0.15) is 0 Å². The lowest BCUT2D eigenvalue weighted by Gasteiger charge is -2.09. The highest BCUT2D eigenvalue weighted by atomic mass is 79.9. The third-order valence-corrected chi connectivity index (χ3v) is 4.28. The number of halogens is 1. The van der Waals surface area contributed by atoms with E-state index < -0.39 is 0 Å². The zero-order valence-electron chi connectivity index (χ0n) is 13.1. The van der Waals surface area contributed by atoms with Crippen LogP contribution in [-0.2, 0) is 11.3 Å². The normalized spacial score (nSPS) is 10.8. The van der Waals surface area contributed by atoms with Crippen LogP contribution < -0.4 is 10.9 Å². The second-order valence-electron chi connectivity index (χ2n) is 5.52. The van der Waals surface area contributed by atoms with Gasteiger partial charge >= 0.3 is 0 Å².